The zero-order valence-corrected chi connectivity index (χ0v) is 13.7. The third-order valence-electron chi connectivity index (χ3n) is 5.11. The van der Waals surface area contributed by atoms with E-state index in [-0.39, 0.29) is 22.2 Å². The quantitative estimate of drug-likeness (QED) is 0.799. The second kappa shape index (κ2) is 5.65. The van der Waals surface area contributed by atoms with E-state index in [1.54, 1.807) is 0 Å². The van der Waals surface area contributed by atoms with E-state index >= 15 is 0 Å². The number of ketones is 1. The molecule has 2 aliphatic heterocycles. The highest BCUT2D eigenvalue weighted by Gasteiger charge is 2.45. The van der Waals surface area contributed by atoms with Crippen LogP contribution in [0.4, 0.5) is 0 Å². The van der Waals surface area contributed by atoms with Crippen molar-refractivity contribution in [3.63, 3.8) is 0 Å². The standard InChI is InChI=1S/C18H22O3S/c1-12(2)13-6-8-14(9-7-13)18(19)15-10-16-4-3-5-17(11-15)22(16,20)21/h6-9,15-17H,1,3-5,10-11H2,2H3. The first-order valence-electron chi connectivity index (χ1n) is 7.92. The maximum absolute atomic E-state index is 12.7. The minimum atomic E-state index is -3.00. The first kappa shape index (κ1) is 15.5. The number of rotatable bonds is 3. The summed E-state index contributed by atoms with van der Waals surface area (Å²) in [7, 11) is -3.00. The molecule has 0 aromatic heterocycles. The summed E-state index contributed by atoms with van der Waals surface area (Å²) in [6, 6.07) is 7.50. The molecule has 3 nitrogen and oxygen atoms in total. The first-order valence-corrected chi connectivity index (χ1v) is 9.53. The minimum Gasteiger partial charge on any atom is -0.294 e. The topological polar surface area (TPSA) is 51.2 Å². The van der Waals surface area contributed by atoms with Gasteiger partial charge in [0.2, 0.25) is 0 Å². The molecule has 2 heterocycles. The largest absolute Gasteiger partial charge is 0.294 e. The Kier molecular flexibility index (Phi) is 3.98. The van der Waals surface area contributed by atoms with Crippen LogP contribution in [0.15, 0.2) is 30.8 Å². The lowest BCUT2D eigenvalue weighted by Gasteiger charge is -2.38. The molecule has 2 atom stereocenters. The van der Waals surface area contributed by atoms with Gasteiger partial charge in [0.05, 0.1) is 10.5 Å². The molecule has 1 aromatic carbocycles. The molecule has 0 aliphatic carbocycles. The lowest BCUT2D eigenvalue weighted by Crippen LogP contribution is -2.45. The van der Waals surface area contributed by atoms with Crippen molar-refractivity contribution in [1.82, 2.24) is 0 Å². The van der Waals surface area contributed by atoms with Gasteiger partial charge in [0, 0.05) is 11.5 Å². The number of benzene rings is 1. The van der Waals surface area contributed by atoms with Crippen molar-refractivity contribution in [2.24, 2.45) is 5.92 Å². The fourth-order valence-electron chi connectivity index (χ4n) is 3.78. The Morgan fingerprint density at radius 3 is 2.05 bits per heavy atom. The third-order valence-corrected chi connectivity index (χ3v) is 7.82. The number of hydrogen-bond donors (Lipinski definition) is 0. The first-order chi connectivity index (χ1) is 10.4. The number of fused-ring (bicyclic) bond motifs is 2. The van der Waals surface area contributed by atoms with Crippen LogP contribution in [0.3, 0.4) is 0 Å². The summed E-state index contributed by atoms with van der Waals surface area (Å²) < 4.78 is 24.6. The van der Waals surface area contributed by atoms with Crippen LogP contribution in [-0.4, -0.2) is 24.7 Å². The number of Topliss-reactive ketones (excluding diaryl/α,β-unsaturated/α-hetero) is 1. The Bertz CT molecular complexity index is 680. The third kappa shape index (κ3) is 2.65. The molecular formula is C18H22O3S. The van der Waals surface area contributed by atoms with Crippen LogP contribution in [0.2, 0.25) is 0 Å². The molecule has 1 aromatic rings. The molecule has 0 radical (unpaired) electrons. The Morgan fingerprint density at radius 2 is 1.55 bits per heavy atom. The van der Waals surface area contributed by atoms with Crippen molar-refractivity contribution >= 4 is 21.2 Å². The Labute approximate surface area is 132 Å². The van der Waals surface area contributed by atoms with Crippen LogP contribution in [0, 0.1) is 5.92 Å². The van der Waals surface area contributed by atoms with Crippen LogP contribution in [0.25, 0.3) is 5.57 Å². The monoisotopic (exact) mass is 318 g/mol. The molecule has 22 heavy (non-hydrogen) atoms. The summed E-state index contributed by atoms with van der Waals surface area (Å²) in [5.74, 6) is -0.0467. The van der Waals surface area contributed by atoms with Crippen molar-refractivity contribution < 1.29 is 13.2 Å². The molecule has 0 N–H and O–H groups in total. The smallest absolute Gasteiger partial charge is 0.166 e. The summed E-state index contributed by atoms with van der Waals surface area (Å²) in [4.78, 5) is 12.7. The van der Waals surface area contributed by atoms with Crippen molar-refractivity contribution in [3.8, 4) is 0 Å². The molecule has 4 heteroatoms. The highest BCUT2D eigenvalue weighted by atomic mass is 32.2. The highest BCUT2D eigenvalue weighted by molar-refractivity contribution is 7.92. The van der Waals surface area contributed by atoms with Gasteiger partial charge in [-0.3, -0.25) is 4.79 Å². The molecule has 2 bridgehead atoms. The van der Waals surface area contributed by atoms with Gasteiger partial charge in [0.15, 0.2) is 15.6 Å². The summed E-state index contributed by atoms with van der Waals surface area (Å²) in [6.45, 7) is 5.83. The average molecular weight is 318 g/mol. The minimum absolute atomic E-state index is 0.0973. The zero-order valence-electron chi connectivity index (χ0n) is 12.9. The number of carbonyl (C=O) groups is 1. The Balaban J connectivity index is 1.80. The van der Waals surface area contributed by atoms with Gasteiger partial charge in [0.1, 0.15) is 0 Å². The normalized spacial score (nSPS) is 29.8. The second-order valence-electron chi connectivity index (χ2n) is 6.65. The van der Waals surface area contributed by atoms with E-state index in [2.05, 4.69) is 6.58 Å². The molecule has 0 amide bonds. The van der Waals surface area contributed by atoms with Crippen LogP contribution in [0.1, 0.15) is 54.9 Å². The summed E-state index contributed by atoms with van der Waals surface area (Å²) in [5, 5.41) is -0.604. The van der Waals surface area contributed by atoms with Gasteiger partial charge < -0.3 is 0 Å². The second-order valence-corrected chi connectivity index (χ2v) is 9.17. The summed E-state index contributed by atoms with van der Waals surface area (Å²) in [6.07, 6.45) is 3.41. The van der Waals surface area contributed by atoms with E-state index < -0.39 is 9.84 Å². The van der Waals surface area contributed by atoms with Crippen LogP contribution >= 0.6 is 0 Å². The van der Waals surface area contributed by atoms with Crippen molar-refractivity contribution in [2.75, 3.05) is 0 Å². The molecular weight excluding hydrogens is 296 g/mol. The van der Waals surface area contributed by atoms with E-state index in [0.717, 1.165) is 30.4 Å². The predicted molar refractivity (Wildman–Crippen MR) is 88.6 cm³/mol. The SMILES string of the molecule is C=C(C)c1ccc(C(=O)C2CC3CCCC(C2)S3(=O)=O)cc1. The number of allylic oxidation sites excluding steroid dienone is 1. The lowest BCUT2D eigenvalue weighted by atomic mass is 9.84. The van der Waals surface area contributed by atoms with Gasteiger partial charge in [-0.25, -0.2) is 8.42 Å². The van der Waals surface area contributed by atoms with E-state index in [1.165, 1.54) is 0 Å². The summed E-state index contributed by atoms with van der Waals surface area (Å²) >= 11 is 0. The van der Waals surface area contributed by atoms with E-state index in [9.17, 15) is 13.2 Å². The number of sulfone groups is 1. The fraction of sp³-hybridized carbons (Fsp3) is 0.500. The maximum atomic E-state index is 12.7. The van der Waals surface area contributed by atoms with Gasteiger partial charge in [-0.2, -0.15) is 0 Å². The summed E-state index contributed by atoms with van der Waals surface area (Å²) in [5.41, 5.74) is 2.68. The average Bonchev–Trinajstić information content (AvgIpc) is 2.45. The van der Waals surface area contributed by atoms with Crippen LogP contribution in [-0.2, 0) is 9.84 Å². The molecule has 2 unspecified atom stereocenters. The van der Waals surface area contributed by atoms with Crippen molar-refractivity contribution in [1.29, 1.82) is 0 Å². The molecule has 2 saturated heterocycles. The molecule has 0 saturated carbocycles. The molecule has 2 aliphatic rings. The fourth-order valence-corrected chi connectivity index (χ4v) is 6.31. The van der Waals surface area contributed by atoms with Crippen molar-refractivity contribution in [3.05, 3.63) is 42.0 Å². The number of hydrogen-bond acceptors (Lipinski definition) is 3. The lowest BCUT2D eigenvalue weighted by molar-refractivity contribution is 0.0894. The van der Waals surface area contributed by atoms with Gasteiger partial charge in [-0.05, 0) is 38.2 Å². The molecule has 0 spiro atoms. The molecule has 118 valence electrons. The molecule has 3 rings (SSSR count). The number of carbonyl (C=O) groups excluding carboxylic acids is 1. The van der Waals surface area contributed by atoms with E-state index in [0.29, 0.717) is 18.4 Å². The van der Waals surface area contributed by atoms with Gasteiger partial charge in [-0.1, -0.05) is 42.8 Å². The maximum Gasteiger partial charge on any atom is 0.166 e. The van der Waals surface area contributed by atoms with Crippen LogP contribution in [0.5, 0.6) is 0 Å². The molecule has 2 fully saturated rings. The highest BCUT2D eigenvalue weighted by Crippen LogP contribution is 2.40. The predicted octanol–water partition coefficient (Wildman–Crippen LogP) is 3.65. The van der Waals surface area contributed by atoms with Gasteiger partial charge in [0.25, 0.3) is 0 Å². The van der Waals surface area contributed by atoms with Crippen LogP contribution < -0.4 is 0 Å². The van der Waals surface area contributed by atoms with E-state index in [1.807, 2.05) is 31.2 Å². The van der Waals surface area contributed by atoms with Gasteiger partial charge in [-0.15, -0.1) is 0 Å². The van der Waals surface area contributed by atoms with Gasteiger partial charge >= 0.3 is 0 Å². The Hall–Kier alpha value is -1.42. The van der Waals surface area contributed by atoms with E-state index in [4.69, 9.17) is 0 Å². The zero-order chi connectivity index (χ0) is 15.9. The Morgan fingerprint density at radius 1 is 1.05 bits per heavy atom. The van der Waals surface area contributed by atoms with Crippen molar-refractivity contribution in [2.45, 2.75) is 49.5 Å².